The van der Waals surface area contributed by atoms with Crippen molar-refractivity contribution < 1.29 is 13.5 Å². The van der Waals surface area contributed by atoms with Crippen LogP contribution in [-0.4, -0.2) is 54.3 Å². The topological polar surface area (TPSA) is 66.7 Å². The van der Waals surface area contributed by atoms with Crippen LogP contribution in [0.5, 0.6) is 5.75 Å². The highest BCUT2D eigenvalue weighted by Crippen LogP contribution is 2.31. The van der Waals surface area contributed by atoms with E-state index in [0.29, 0.717) is 18.8 Å². The molecule has 0 bridgehead atoms. The highest BCUT2D eigenvalue weighted by Gasteiger charge is 2.26. The van der Waals surface area contributed by atoms with Crippen molar-refractivity contribution in [2.45, 2.75) is 32.5 Å². The molecule has 7 nitrogen and oxygen atoms in total. The number of imidazole rings is 1. The molecule has 1 aromatic heterocycles. The molecule has 1 fully saturated rings. The molecule has 0 aliphatic carbocycles. The standard InChI is InChI=1S/C19H26F2N6O/c1-2-23-19(24-9-12-26-11-8-22-14-26)25-15-7-10-27(13-15)16-5-3-4-6-17(16)28-18(20)21/h3-6,8,11,14-15,18H,2,7,9-10,12-13H2,1H3,(H2,23,24,25). The number of alkyl halides is 2. The minimum absolute atomic E-state index is 0.172. The van der Waals surface area contributed by atoms with Crippen molar-refractivity contribution in [2.75, 3.05) is 31.1 Å². The molecular weight excluding hydrogens is 366 g/mol. The summed E-state index contributed by atoms with van der Waals surface area (Å²) in [6, 6.07) is 7.08. The molecule has 0 spiro atoms. The fraction of sp³-hybridized carbons (Fsp3) is 0.474. The minimum Gasteiger partial charge on any atom is -0.433 e. The van der Waals surface area contributed by atoms with Gasteiger partial charge in [-0.05, 0) is 25.5 Å². The summed E-state index contributed by atoms with van der Waals surface area (Å²) >= 11 is 0. The summed E-state index contributed by atoms with van der Waals surface area (Å²) in [5.74, 6) is 0.964. The van der Waals surface area contributed by atoms with Gasteiger partial charge < -0.3 is 24.8 Å². The van der Waals surface area contributed by atoms with Gasteiger partial charge in [0, 0.05) is 44.6 Å². The van der Waals surface area contributed by atoms with Crippen LogP contribution in [0.4, 0.5) is 14.5 Å². The van der Waals surface area contributed by atoms with Gasteiger partial charge in [0.25, 0.3) is 0 Å². The van der Waals surface area contributed by atoms with Gasteiger partial charge in [0.2, 0.25) is 0 Å². The second kappa shape index (κ2) is 9.91. The first kappa shape index (κ1) is 19.9. The number of aromatic nitrogens is 2. The van der Waals surface area contributed by atoms with Crippen LogP contribution in [0.2, 0.25) is 0 Å². The first-order valence-electron chi connectivity index (χ1n) is 9.45. The number of halogens is 2. The Morgan fingerprint density at radius 3 is 3.00 bits per heavy atom. The number of hydrogen-bond donors (Lipinski definition) is 2. The van der Waals surface area contributed by atoms with Crippen molar-refractivity contribution >= 4 is 11.6 Å². The molecule has 0 saturated carbocycles. The Kier molecular flexibility index (Phi) is 7.05. The summed E-state index contributed by atoms with van der Waals surface area (Å²) < 4.78 is 32.0. The van der Waals surface area contributed by atoms with Crippen LogP contribution < -0.4 is 20.3 Å². The number of nitrogens with one attached hydrogen (secondary N) is 2. The van der Waals surface area contributed by atoms with Gasteiger partial charge in [-0.3, -0.25) is 4.99 Å². The van der Waals surface area contributed by atoms with Gasteiger partial charge in [-0.2, -0.15) is 8.78 Å². The van der Waals surface area contributed by atoms with Gasteiger partial charge in [-0.1, -0.05) is 12.1 Å². The van der Waals surface area contributed by atoms with Crippen LogP contribution in [0.3, 0.4) is 0 Å². The summed E-state index contributed by atoms with van der Waals surface area (Å²) in [5.41, 5.74) is 0.689. The van der Waals surface area contributed by atoms with E-state index in [1.54, 1.807) is 24.7 Å². The van der Waals surface area contributed by atoms with Gasteiger partial charge in [-0.15, -0.1) is 0 Å². The van der Waals surface area contributed by atoms with E-state index in [1.165, 1.54) is 0 Å². The minimum atomic E-state index is -2.83. The highest BCUT2D eigenvalue weighted by molar-refractivity contribution is 5.80. The molecule has 1 saturated heterocycles. The smallest absolute Gasteiger partial charge is 0.387 e. The van der Waals surface area contributed by atoms with Gasteiger partial charge >= 0.3 is 6.61 Å². The predicted octanol–water partition coefficient (Wildman–Crippen LogP) is 2.32. The van der Waals surface area contributed by atoms with Crippen molar-refractivity contribution in [1.82, 2.24) is 20.2 Å². The molecule has 1 unspecified atom stereocenters. The second-order valence-corrected chi connectivity index (χ2v) is 6.48. The van der Waals surface area contributed by atoms with E-state index < -0.39 is 6.61 Å². The van der Waals surface area contributed by atoms with Gasteiger partial charge in [0.1, 0.15) is 5.75 Å². The monoisotopic (exact) mass is 392 g/mol. The Morgan fingerprint density at radius 1 is 1.39 bits per heavy atom. The molecule has 0 radical (unpaired) electrons. The van der Waals surface area contributed by atoms with E-state index in [2.05, 4.69) is 30.2 Å². The van der Waals surface area contributed by atoms with Crippen LogP contribution in [0.25, 0.3) is 0 Å². The van der Waals surface area contributed by atoms with E-state index in [1.807, 2.05) is 29.8 Å². The Morgan fingerprint density at radius 2 is 2.25 bits per heavy atom. The third-order valence-electron chi connectivity index (χ3n) is 4.48. The van der Waals surface area contributed by atoms with Crippen molar-refractivity contribution in [3.8, 4) is 5.75 Å². The van der Waals surface area contributed by atoms with Crippen molar-refractivity contribution in [3.63, 3.8) is 0 Å². The molecule has 2 aromatic rings. The van der Waals surface area contributed by atoms with Crippen LogP contribution in [0, 0.1) is 0 Å². The highest BCUT2D eigenvalue weighted by atomic mass is 19.3. The van der Waals surface area contributed by atoms with E-state index >= 15 is 0 Å². The number of hydrogen-bond acceptors (Lipinski definition) is 4. The maximum Gasteiger partial charge on any atom is 0.387 e. The number of anilines is 1. The van der Waals surface area contributed by atoms with Crippen LogP contribution in [0.15, 0.2) is 48.0 Å². The van der Waals surface area contributed by atoms with Gasteiger partial charge in [-0.25, -0.2) is 4.98 Å². The molecule has 0 amide bonds. The van der Waals surface area contributed by atoms with Crippen LogP contribution in [-0.2, 0) is 6.54 Å². The average molecular weight is 392 g/mol. The summed E-state index contributed by atoms with van der Waals surface area (Å²) in [5, 5.41) is 6.69. The molecule has 1 aromatic carbocycles. The fourth-order valence-electron chi connectivity index (χ4n) is 3.22. The lowest BCUT2D eigenvalue weighted by Gasteiger charge is -2.22. The number of benzene rings is 1. The second-order valence-electron chi connectivity index (χ2n) is 6.48. The zero-order valence-electron chi connectivity index (χ0n) is 15.9. The number of para-hydroxylation sites is 2. The van der Waals surface area contributed by atoms with E-state index in [4.69, 9.17) is 0 Å². The Hall–Kier alpha value is -2.84. The summed E-state index contributed by atoms with van der Waals surface area (Å²) in [6.45, 7) is 2.79. The van der Waals surface area contributed by atoms with Gasteiger partial charge in [0.15, 0.2) is 5.96 Å². The number of aliphatic imine (C=N–C) groups is 1. The third-order valence-corrected chi connectivity index (χ3v) is 4.48. The van der Waals surface area contributed by atoms with Gasteiger partial charge in [0.05, 0.1) is 18.6 Å². The lowest BCUT2D eigenvalue weighted by molar-refractivity contribution is -0.0495. The zero-order valence-corrected chi connectivity index (χ0v) is 15.9. The largest absolute Gasteiger partial charge is 0.433 e. The SMILES string of the molecule is CCNC(=NCCn1ccnc1)NC1CCN(c2ccccc2OC(F)F)C1. The Bertz CT molecular complexity index is 753. The lowest BCUT2D eigenvalue weighted by Crippen LogP contribution is -2.44. The maximum absolute atomic E-state index is 12.7. The summed E-state index contributed by atoms with van der Waals surface area (Å²) in [4.78, 5) is 10.7. The number of ether oxygens (including phenoxy) is 1. The van der Waals surface area contributed by atoms with Crippen molar-refractivity contribution in [2.24, 2.45) is 4.99 Å². The summed E-state index contributed by atoms with van der Waals surface area (Å²) in [7, 11) is 0. The molecule has 1 aliphatic heterocycles. The third kappa shape index (κ3) is 5.58. The average Bonchev–Trinajstić information content (AvgIpc) is 3.34. The number of guanidine groups is 1. The normalized spacial score (nSPS) is 17.2. The van der Waals surface area contributed by atoms with Crippen molar-refractivity contribution in [1.29, 1.82) is 0 Å². The molecule has 1 aliphatic rings. The Labute approximate surface area is 163 Å². The molecule has 28 heavy (non-hydrogen) atoms. The van der Waals surface area contributed by atoms with Crippen LogP contribution >= 0.6 is 0 Å². The van der Waals surface area contributed by atoms with Crippen LogP contribution in [0.1, 0.15) is 13.3 Å². The molecule has 9 heteroatoms. The molecular formula is C19H26F2N6O. The maximum atomic E-state index is 12.7. The fourth-order valence-corrected chi connectivity index (χ4v) is 3.22. The zero-order chi connectivity index (χ0) is 19.8. The molecule has 152 valence electrons. The first-order chi connectivity index (χ1) is 13.7. The number of nitrogens with zero attached hydrogens (tertiary/aromatic N) is 4. The Balaban J connectivity index is 1.57. The number of rotatable bonds is 8. The predicted molar refractivity (Wildman–Crippen MR) is 105 cm³/mol. The molecule has 2 heterocycles. The summed E-state index contributed by atoms with van der Waals surface area (Å²) in [6.07, 6.45) is 6.30. The van der Waals surface area contributed by atoms with E-state index in [-0.39, 0.29) is 11.8 Å². The molecule has 1 atom stereocenters. The lowest BCUT2D eigenvalue weighted by atomic mass is 10.2. The molecule has 3 rings (SSSR count). The quantitative estimate of drug-likeness (QED) is 0.533. The van der Waals surface area contributed by atoms with Crippen molar-refractivity contribution in [3.05, 3.63) is 43.0 Å². The van der Waals surface area contributed by atoms with E-state index in [9.17, 15) is 8.78 Å². The first-order valence-corrected chi connectivity index (χ1v) is 9.45. The molecule has 2 N–H and O–H groups in total. The van der Waals surface area contributed by atoms with E-state index in [0.717, 1.165) is 32.0 Å².